The lowest BCUT2D eigenvalue weighted by Crippen LogP contribution is -2.16. The highest BCUT2D eigenvalue weighted by atomic mass is 19.4. The third-order valence-electron chi connectivity index (χ3n) is 4.35. The van der Waals surface area contributed by atoms with E-state index in [9.17, 15) is 18.4 Å². The summed E-state index contributed by atoms with van der Waals surface area (Å²) in [5.74, 6) is -0.276. The largest absolute Gasteiger partial charge is 0.573 e. The molecule has 0 saturated heterocycles. The molecule has 3 aromatic rings. The highest BCUT2D eigenvalue weighted by Gasteiger charge is 2.31. The van der Waals surface area contributed by atoms with Gasteiger partial charge < -0.3 is 10.5 Å². The topological polar surface area (TPSA) is 71.9 Å². The monoisotopic (exact) mass is 397 g/mol. The zero-order valence-corrected chi connectivity index (χ0v) is 15.6. The number of alkyl halides is 3. The van der Waals surface area contributed by atoms with Gasteiger partial charge in [-0.05, 0) is 35.7 Å². The smallest absolute Gasteiger partial charge is 0.406 e. The molecule has 29 heavy (non-hydrogen) atoms. The molecule has 4 nitrogen and oxygen atoms in total. The molecule has 0 saturated carbocycles. The molecule has 0 aliphatic rings. The maximum absolute atomic E-state index is 12.4. The number of hydrogen-bond donors (Lipinski definition) is 1. The number of nitrogen functional groups attached to an aromatic ring is 1. The second-order valence-electron chi connectivity index (χ2n) is 6.45. The molecule has 1 heterocycles. The first-order valence-electron chi connectivity index (χ1n) is 8.97. The second-order valence-corrected chi connectivity index (χ2v) is 6.45. The molecular formula is C22H18F3N3O. The summed E-state index contributed by atoms with van der Waals surface area (Å²) in [5, 5.41) is 9.48. The molecule has 0 atom stereocenters. The van der Waals surface area contributed by atoms with Crippen LogP contribution in [-0.2, 0) is 6.42 Å². The van der Waals surface area contributed by atoms with Crippen molar-refractivity contribution in [2.45, 2.75) is 26.1 Å². The first-order chi connectivity index (χ1) is 13.8. The number of nitrogens with zero attached hydrogens (tertiary/aromatic N) is 2. The average Bonchev–Trinajstić information content (AvgIpc) is 2.67. The van der Waals surface area contributed by atoms with E-state index in [1.807, 2.05) is 30.3 Å². The van der Waals surface area contributed by atoms with E-state index in [2.05, 4.69) is 16.6 Å². The van der Waals surface area contributed by atoms with Crippen LogP contribution in [0.3, 0.4) is 0 Å². The van der Waals surface area contributed by atoms with Crippen molar-refractivity contribution in [3.8, 4) is 34.2 Å². The summed E-state index contributed by atoms with van der Waals surface area (Å²) in [6.07, 6.45) is -2.75. The van der Waals surface area contributed by atoms with Gasteiger partial charge in [0.05, 0.1) is 5.69 Å². The second kappa shape index (κ2) is 8.23. The standard InChI is InChI=1S/C22H18F3N3O/c1-2-3-14-4-6-16(7-5-14)20-12-18(19(13-26)21(27)28-20)15-8-10-17(11-9-15)29-22(23,24)25/h4-12H,2-3H2,1H3,(H2,27,28). The number of ether oxygens (including phenoxy) is 1. The van der Waals surface area contributed by atoms with Crippen LogP contribution in [0, 0.1) is 11.3 Å². The molecule has 0 bridgehead atoms. The molecule has 148 valence electrons. The number of anilines is 1. The number of benzene rings is 2. The summed E-state index contributed by atoms with van der Waals surface area (Å²) in [6, 6.07) is 16.9. The van der Waals surface area contributed by atoms with Crippen LogP contribution in [0.15, 0.2) is 54.6 Å². The van der Waals surface area contributed by atoms with Crippen LogP contribution in [0.5, 0.6) is 5.75 Å². The minimum absolute atomic E-state index is 0.0632. The van der Waals surface area contributed by atoms with Crippen molar-refractivity contribution in [3.63, 3.8) is 0 Å². The zero-order valence-electron chi connectivity index (χ0n) is 15.6. The molecule has 0 amide bonds. The number of rotatable bonds is 5. The Hall–Kier alpha value is -3.53. The Morgan fingerprint density at radius 1 is 1.03 bits per heavy atom. The van der Waals surface area contributed by atoms with Crippen molar-refractivity contribution in [1.29, 1.82) is 5.26 Å². The van der Waals surface area contributed by atoms with Crippen LogP contribution < -0.4 is 10.5 Å². The Morgan fingerprint density at radius 2 is 1.66 bits per heavy atom. The lowest BCUT2D eigenvalue weighted by molar-refractivity contribution is -0.274. The number of nitrogens with two attached hydrogens (primary N) is 1. The highest BCUT2D eigenvalue weighted by Crippen LogP contribution is 2.33. The molecule has 7 heteroatoms. The van der Waals surface area contributed by atoms with Crippen molar-refractivity contribution >= 4 is 5.82 Å². The molecule has 0 spiro atoms. The van der Waals surface area contributed by atoms with E-state index >= 15 is 0 Å². The van der Waals surface area contributed by atoms with E-state index in [-0.39, 0.29) is 17.1 Å². The van der Waals surface area contributed by atoms with Crippen molar-refractivity contribution in [1.82, 2.24) is 4.98 Å². The van der Waals surface area contributed by atoms with Crippen LogP contribution in [0.1, 0.15) is 24.5 Å². The Morgan fingerprint density at radius 3 is 2.21 bits per heavy atom. The molecule has 0 unspecified atom stereocenters. The minimum atomic E-state index is -4.77. The number of aromatic nitrogens is 1. The lowest BCUT2D eigenvalue weighted by atomic mass is 9.98. The van der Waals surface area contributed by atoms with Crippen LogP contribution in [-0.4, -0.2) is 11.3 Å². The third kappa shape index (κ3) is 4.85. The molecular weight excluding hydrogens is 379 g/mol. The summed E-state index contributed by atoms with van der Waals surface area (Å²) >= 11 is 0. The normalized spacial score (nSPS) is 11.1. The van der Waals surface area contributed by atoms with Crippen molar-refractivity contribution in [2.24, 2.45) is 0 Å². The fraction of sp³-hybridized carbons (Fsp3) is 0.182. The Labute approximate surface area is 166 Å². The minimum Gasteiger partial charge on any atom is -0.406 e. The molecule has 0 radical (unpaired) electrons. The van der Waals surface area contributed by atoms with Gasteiger partial charge >= 0.3 is 6.36 Å². The molecule has 0 aliphatic heterocycles. The molecule has 3 rings (SSSR count). The van der Waals surface area contributed by atoms with E-state index < -0.39 is 6.36 Å². The summed E-state index contributed by atoms with van der Waals surface area (Å²) in [5.41, 5.74) is 9.80. The van der Waals surface area contributed by atoms with Gasteiger partial charge in [0, 0.05) is 11.1 Å². The first kappa shape index (κ1) is 20.2. The summed E-state index contributed by atoms with van der Waals surface area (Å²) in [4.78, 5) is 4.32. The number of nitriles is 1. The molecule has 1 aromatic heterocycles. The Balaban J connectivity index is 2.01. The fourth-order valence-corrected chi connectivity index (χ4v) is 3.02. The van der Waals surface area contributed by atoms with Gasteiger partial charge in [0.2, 0.25) is 0 Å². The maximum atomic E-state index is 12.4. The summed E-state index contributed by atoms with van der Waals surface area (Å²) in [7, 11) is 0. The van der Waals surface area contributed by atoms with E-state index in [0.29, 0.717) is 16.8 Å². The Kier molecular flexibility index (Phi) is 5.74. The SMILES string of the molecule is CCCc1ccc(-c2cc(-c3ccc(OC(F)(F)F)cc3)c(C#N)c(N)n2)cc1. The molecule has 2 aromatic carbocycles. The summed E-state index contributed by atoms with van der Waals surface area (Å²) < 4.78 is 41.0. The molecule has 2 N–H and O–H groups in total. The van der Waals surface area contributed by atoms with E-state index in [1.165, 1.54) is 29.8 Å². The average molecular weight is 397 g/mol. The lowest BCUT2D eigenvalue weighted by Gasteiger charge is -2.12. The van der Waals surface area contributed by atoms with Crippen LogP contribution in [0.2, 0.25) is 0 Å². The van der Waals surface area contributed by atoms with Gasteiger partial charge in [-0.1, -0.05) is 49.7 Å². The summed E-state index contributed by atoms with van der Waals surface area (Å²) in [6.45, 7) is 2.11. The predicted octanol–water partition coefficient (Wildman–Crippen LogP) is 5.72. The van der Waals surface area contributed by atoms with Gasteiger partial charge in [-0.15, -0.1) is 13.2 Å². The number of halogens is 3. The van der Waals surface area contributed by atoms with Gasteiger partial charge in [-0.25, -0.2) is 4.98 Å². The van der Waals surface area contributed by atoms with Crippen molar-refractivity contribution in [2.75, 3.05) is 5.73 Å². The predicted molar refractivity (Wildman–Crippen MR) is 105 cm³/mol. The van der Waals surface area contributed by atoms with Gasteiger partial charge in [0.15, 0.2) is 0 Å². The first-order valence-corrected chi connectivity index (χ1v) is 8.97. The van der Waals surface area contributed by atoms with Crippen LogP contribution >= 0.6 is 0 Å². The van der Waals surface area contributed by atoms with Crippen molar-refractivity contribution in [3.05, 3.63) is 65.7 Å². The van der Waals surface area contributed by atoms with Gasteiger partial charge in [-0.2, -0.15) is 5.26 Å². The van der Waals surface area contributed by atoms with E-state index in [4.69, 9.17) is 5.73 Å². The molecule has 0 fully saturated rings. The molecule has 0 aliphatic carbocycles. The zero-order chi connectivity index (χ0) is 21.0. The fourth-order valence-electron chi connectivity index (χ4n) is 3.02. The number of hydrogen-bond acceptors (Lipinski definition) is 4. The van der Waals surface area contributed by atoms with Gasteiger partial charge in [0.1, 0.15) is 23.2 Å². The van der Waals surface area contributed by atoms with Gasteiger partial charge in [-0.3, -0.25) is 0 Å². The van der Waals surface area contributed by atoms with E-state index in [1.54, 1.807) is 6.07 Å². The van der Waals surface area contributed by atoms with E-state index in [0.717, 1.165) is 18.4 Å². The Bertz CT molecular complexity index is 1040. The number of pyridine rings is 1. The number of aryl methyl sites for hydroxylation is 1. The van der Waals surface area contributed by atoms with Crippen molar-refractivity contribution < 1.29 is 17.9 Å². The highest BCUT2D eigenvalue weighted by molar-refractivity contribution is 5.80. The third-order valence-corrected chi connectivity index (χ3v) is 4.35. The van der Waals surface area contributed by atoms with Crippen LogP contribution in [0.4, 0.5) is 19.0 Å². The van der Waals surface area contributed by atoms with Gasteiger partial charge in [0.25, 0.3) is 0 Å². The van der Waals surface area contributed by atoms with Crippen LogP contribution in [0.25, 0.3) is 22.4 Å². The quantitative estimate of drug-likeness (QED) is 0.598. The maximum Gasteiger partial charge on any atom is 0.573 e.